The summed E-state index contributed by atoms with van der Waals surface area (Å²) in [4.78, 5) is 12.3. The van der Waals surface area contributed by atoms with Crippen LogP contribution in [0.25, 0.3) is 11.0 Å². The first-order chi connectivity index (χ1) is 12.6. The van der Waals surface area contributed by atoms with Gasteiger partial charge < -0.3 is 19.2 Å². The van der Waals surface area contributed by atoms with Crippen molar-refractivity contribution in [3.8, 4) is 11.5 Å². The minimum absolute atomic E-state index is 0.0206. The van der Waals surface area contributed by atoms with Gasteiger partial charge in [0.25, 0.3) is 0 Å². The van der Waals surface area contributed by atoms with Gasteiger partial charge in [0, 0.05) is 11.8 Å². The Morgan fingerprint density at radius 2 is 1.85 bits per heavy atom. The van der Waals surface area contributed by atoms with Gasteiger partial charge in [-0.15, -0.1) is 0 Å². The van der Waals surface area contributed by atoms with E-state index in [0.29, 0.717) is 24.3 Å². The molecule has 0 bridgehead atoms. The third kappa shape index (κ3) is 3.99. The van der Waals surface area contributed by atoms with Crippen molar-refractivity contribution < 1.29 is 18.7 Å². The van der Waals surface area contributed by atoms with Gasteiger partial charge in [-0.05, 0) is 43.2 Å². The molecule has 0 fully saturated rings. The Morgan fingerprint density at radius 1 is 1.08 bits per heavy atom. The van der Waals surface area contributed by atoms with Gasteiger partial charge in [0.05, 0.1) is 20.3 Å². The summed E-state index contributed by atoms with van der Waals surface area (Å²) < 4.78 is 16.3. The highest BCUT2D eigenvalue weighted by Crippen LogP contribution is 2.28. The smallest absolute Gasteiger partial charge is 0.220 e. The number of ether oxygens (including phenoxy) is 2. The predicted molar refractivity (Wildman–Crippen MR) is 101 cm³/mol. The number of carbonyl (C=O) groups excluding carboxylic acids is 1. The maximum Gasteiger partial charge on any atom is 0.220 e. The van der Waals surface area contributed by atoms with Crippen LogP contribution >= 0.6 is 0 Å². The number of hydrogen-bond acceptors (Lipinski definition) is 4. The Labute approximate surface area is 152 Å². The summed E-state index contributed by atoms with van der Waals surface area (Å²) >= 11 is 0. The lowest BCUT2D eigenvalue weighted by Gasteiger charge is -2.12. The molecule has 0 unspecified atom stereocenters. The van der Waals surface area contributed by atoms with Crippen LogP contribution in [0.5, 0.6) is 11.5 Å². The summed E-state index contributed by atoms with van der Waals surface area (Å²) in [5.74, 6) is 2.08. The highest BCUT2D eigenvalue weighted by molar-refractivity contribution is 5.79. The van der Waals surface area contributed by atoms with E-state index in [1.54, 1.807) is 14.2 Å². The fourth-order valence-electron chi connectivity index (χ4n) is 2.89. The van der Waals surface area contributed by atoms with Crippen LogP contribution in [0.15, 0.2) is 52.9 Å². The Balaban J connectivity index is 1.58. The second kappa shape index (κ2) is 7.95. The van der Waals surface area contributed by atoms with Crippen LogP contribution in [-0.4, -0.2) is 20.1 Å². The topological polar surface area (TPSA) is 60.7 Å². The second-order valence-electron chi connectivity index (χ2n) is 6.17. The van der Waals surface area contributed by atoms with Gasteiger partial charge in [-0.1, -0.05) is 24.3 Å². The summed E-state index contributed by atoms with van der Waals surface area (Å²) in [7, 11) is 3.20. The first-order valence-electron chi connectivity index (χ1n) is 8.59. The van der Waals surface area contributed by atoms with E-state index in [4.69, 9.17) is 13.9 Å². The largest absolute Gasteiger partial charge is 0.493 e. The molecule has 136 valence electrons. The first-order valence-corrected chi connectivity index (χ1v) is 8.59. The molecule has 3 rings (SSSR count). The second-order valence-corrected chi connectivity index (χ2v) is 6.17. The Hall–Kier alpha value is -2.95. The quantitative estimate of drug-likeness (QED) is 0.689. The average molecular weight is 353 g/mol. The summed E-state index contributed by atoms with van der Waals surface area (Å²) in [6.45, 7) is 1.92. The number of methoxy groups -OCH3 is 2. The molecule has 1 N–H and O–H groups in total. The normalized spacial score (nSPS) is 12.0. The van der Waals surface area contributed by atoms with Crippen LogP contribution in [0, 0.1) is 0 Å². The minimum Gasteiger partial charge on any atom is -0.493 e. The lowest BCUT2D eigenvalue weighted by molar-refractivity contribution is -0.121. The Kier molecular flexibility index (Phi) is 5.46. The van der Waals surface area contributed by atoms with E-state index in [2.05, 4.69) is 5.32 Å². The maximum atomic E-state index is 12.3. The number of rotatable bonds is 7. The average Bonchev–Trinajstić information content (AvgIpc) is 3.10. The molecule has 5 heteroatoms. The molecule has 2 aromatic carbocycles. The van der Waals surface area contributed by atoms with E-state index < -0.39 is 0 Å². The molecule has 1 aromatic heterocycles. The van der Waals surface area contributed by atoms with Crippen LogP contribution in [0.1, 0.15) is 30.7 Å². The van der Waals surface area contributed by atoms with Gasteiger partial charge in [0.1, 0.15) is 11.3 Å². The van der Waals surface area contributed by atoms with Gasteiger partial charge in [-0.25, -0.2) is 0 Å². The van der Waals surface area contributed by atoms with E-state index >= 15 is 0 Å². The molecule has 3 aromatic rings. The highest BCUT2D eigenvalue weighted by atomic mass is 16.5. The summed E-state index contributed by atoms with van der Waals surface area (Å²) in [6, 6.07) is 15.3. The molecule has 0 spiro atoms. The minimum atomic E-state index is -0.180. The standard InChI is InChI=1S/C21H23NO4/c1-14(19-13-16-6-4-5-7-17(16)26-19)22-21(23)11-9-15-8-10-18(24-2)20(12-15)25-3/h4-8,10,12-14H,9,11H2,1-3H3,(H,22,23)/t14-/m0/s1. The summed E-state index contributed by atoms with van der Waals surface area (Å²) in [5, 5.41) is 4.03. The number of benzene rings is 2. The molecule has 0 aliphatic rings. The zero-order valence-corrected chi connectivity index (χ0v) is 15.2. The van der Waals surface area contributed by atoms with E-state index in [1.165, 1.54) is 0 Å². The maximum absolute atomic E-state index is 12.3. The van der Waals surface area contributed by atoms with Crippen LogP contribution in [0.2, 0.25) is 0 Å². The molecule has 0 aliphatic carbocycles. The van der Waals surface area contributed by atoms with Crippen molar-refractivity contribution in [3.63, 3.8) is 0 Å². The predicted octanol–water partition coefficient (Wildman–Crippen LogP) is 4.26. The Morgan fingerprint density at radius 3 is 2.58 bits per heavy atom. The molecular formula is C21H23NO4. The van der Waals surface area contributed by atoms with Gasteiger partial charge in [0.15, 0.2) is 11.5 Å². The number of nitrogens with one attached hydrogen (secondary N) is 1. The van der Waals surface area contributed by atoms with Crippen molar-refractivity contribution in [3.05, 3.63) is 59.9 Å². The van der Waals surface area contributed by atoms with Gasteiger partial charge >= 0.3 is 0 Å². The van der Waals surface area contributed by atoms with Crippen molar-refractivity contribution in [2.24, 2.45) is 0 Å². The zero-order valence-electron chi connectivity index (χ0n) is 15.2. The van der Waals surface area contributed by atoms with Crippen molar-refractivity contribution in [1.82, 2.24) is 5.32 Å². The molecular weight excluding hydrogens is 330 g/mol. The van der Waals surface area contributed by atoms with Crippen LogP contribution in [-0.2, 0) is 11.2 Å². The summed E-state index contributed by atoms with van der Waals surface area (Å²) in [5.41, 5.74) is 1.85. The van der Waals surface area contributed by atoms with Gasteiger partial charge in [0.2, 0.25) is 5.91 Å². The van der Waals surface area contributed by atoms with E-state index in [9.17, 15) is 4.79 Å². The molecule has 26 heavy (non-hydrogen) atoms. The van der Waals surface area contributed by atoms with Crippen LogP contribution < -0.4 is 14.8 Å². The number of amides is 1. The molecule has 5 nitrogen and oxygen atoms in total. The number of aryl methyl sites for hydroxylation is 1. The van der Waals surface area contributed by atoms with Crippen LogP contribution in [0.3, 0.4) is 0 Å². The molecule has 0 saturated heterocycles. The summed E-state index contributed by atoms with van der Waals surface area (Å²) in [6.07, 6.45) is 1.01. The monoisotopic (exact) mass is 353 g/mol. The number of hydrogen-bond donors (Lipinski definition) is 1. The fourth-order valence-corrected chi connectivity index (χ4v) is 2.89. The van der Waals surface area contributed by atoms with E-state index in [-0.39, 0.29) is 11.9 Å². The molecule has 1 heterocycles. The van der Waals surface area contributed by atoms with E-state index in [0.717, 1.165) is 22.3 Å². The Bertz CT molecular complexity index is 867. The van der Waals surface area contributed by atoms with Crippen molar-refractivity contribution in [2.45, 2.75) is 25.8 Å². The molecule has 0 aliphatic heterocycles. The van der Waals surface area contributed by atoms with Crippen molar-refractivity contribution >= 4 is 16.9 Å². The third-order valence-electron chi connectivity index (χ3n) is 4.34. The number of carbonyl (C=O) groups is 1. The number of para-hydroxylation sites is 1. The number of fused-ring (bicyclic) bond motifs is 1. The molecule has 0 saturated carbocycles. The lowest BCUT2D eigenvalue weighted by Crippen LogP contribution is -2.26. The lowest BCUT2D eigenvalue weighted by atomic mass is 10.1. The van der Waals surface area contributed by atoms with Gasteiger partial charge in [-0.3, -0.25) is 4.79 Å². The SMILES string of the molecule is COc1ccc(CCC(=O)N[C@@H](C)c2cc3ccccc3o2)cc1OC. The zero-order chi connectivity index (χ0) is 18.5. The first kappa shape index (κ1) is 17.9. The number of furan rings is 1. The van der Waals surface area contributed by atoms with Crippen molar-refractivity contribution in [1.29, 1.82) is 0 Å². The third-order valence-corrected chi connectivity index (χ3v) is 4.34. The molecule has 1 atom stereocenters. The van der Waals surface area contributed by atoms with Gasteiger partial charge in [-0.2, -0.15) is 0 Å². The van der Waals surface area contributed by atoms with Crippen molar-refractivity contribution in [2.75, 3.05) is 14.2 Å². The molecule has 1 amide bonds. The molecule has 0 radical (unpaired) electrons. The van der Waals surface area contributed by atoms with Crippen LogP contribution in [0.4, 0.5) is 0 Å². The van der Waals surface area contributed by atoms with E-state index in [1.807, 2.05) is 55.5 Å². The highest BCUT2D eigenvalue weighted by Gasteiger charge is 2.14. The fraction of sp³-hybridized carbons (Fsp3) is 0.286.